The summed E-state index contributed by atoms with van der Waals surface area (Å²) >= 11 is 1.73. The molecule has 1 atom stereocenters. The lowest BCUT2D eigenvalue weighted by atomic mass is 10.0. The van der Waals surface area contributed by atoms with E-state index in [-0.39, 0.29) is 24.4 Å². The average Bonchev–Trinajstić information content (AvgIpc) is 3.21. The Labute approximate surface area is 176 Å². The lowest BCUT2D eigenvalue weighted by Crippen LogP contribution is -2.47. The lowest BCUT2D eigenvalue weighted by molar-refractivity contribution is -0.142. The summed E-state index contributed by atoms with van der Waals surface area (Å²) in [6.45, 7) is 9.00. The second kappa shape index (κ2) is 9.74. The molecule has 2 heterocycles. The van der Waals surface area contributed by atoms with Gasteiger partial charge in [0.25, 0.3) is 0 Å². The van der Waals surface area contributed by atoms with Crippen molar-refractivity contribution in [2.75, 3.05) is 26.2 Å². The average molecular weight is 413 g/mol. The van der Waals surface area contributed by atoms with Crippen LogP contribution in [0.4, 0.5) is 0 Å². The zero-order valence-electron chi connectivity index (χ0n) is 17.1. The van der Waals surface area contributed by atoms with Crippen molar-refractivity contribution in [3.8, 4) is 5.75 Å². The maximum atomic E-state index is 13.2. The fraction of sp³-hybridized carbons (Fsp3) is 0.391. The Balaban J connectivity index is 1.78. The maximum absolute atomic E-state index is 13.2. The second-order valence-corrected chi connectivity index (χ2v) is 8.15. The molecular formula is C23H28N2O3S. The smallest absolute Gasteiger partial charge is 0.242 e. The van der Waals surface area contributed by atoms with E-state index in [1.165, 1.54) is 4.88 Å². The summed E-state index contributed by atoms with van der Waals surface area (Å²) in [7, 11) is 0. The van der Waals surface area contributed by atoms with Crippen molar-refractivity contribution in [2.24, 2.45) is 0 Å². The van der Waals surface area contributed by atoms with E-state index in [4.69, 9.17) is 4.74 Å². The van der Waals surface area contributed by atoms with Crippen molar-refractivity contribution in [1.82, 2.24) is 9.80 Å². The summed E-state index contributed by atoms with van der Waals surface area (Å²) in [6, 6.07) is 9.83. The fourth-order valence-corrected chi connectivity index (χ4v) is 4.58. The molecular weight excluding hydrogens is 384 g/mol. The second-order valence-electron chi connectivity index (χ2n) is 7.15. The third-order valence-electron chi connectivity index (χ3n) is 5.24. The Kier molecular flexibility index (Phi) is 7.09. The standard InChI is InChI=1S/C23H28N2O3S/c1-4-12-24(22(26)5-2)15-23(27)25-13-10-21-18(11-14-29-21)19(25)16-28-20-9-7-6-8-17(20)3/h4,6-9,11,14,19H,1,5,10,12-13,15-16H2,2-3H3/t19-/m0/s1. The summed E-state index contributed by atoms with van der Waals surface area (Å²) < 4.78 is 6.12. The number of hydrogen-bond donors (Lipinski definition) is 0. The number of para-hydroxylation sites is 1. The van der Waals surface area contributed by atoms with Gasteiger partial charge in [-0.25, -0.2) is 0 Å². The molecule has 0 N–H and O–H groups in total. The normalized spacial score (nSPS) is 15.5. The van der Waals surface area contributed by atoms with Crippen molar-refractivity contribution in [2.45, 2.75) is 32.7 Å². The number of fused-ring (bicyclic) bond motifs is 1. The number of carbonyl (C=O) groups excluding carboxylic acids is 2. The predicted octanol–water partition coefficient (Wildman–Crippen LogP) is 3.99. The van der Waals surface area contributed by atoms with Crippen LogP contribution >= 0.6 is 11.3 Å². The molecule has 2 amide bonds. The molecule has 1 aromatic heterocycles. The minimum absolute atomic E-state index is 0.0424. The highest BCUT2D eigenvalue weighted by Gasteiger charge is 2.33. The van der Waals surface area contributed by atoms with Crippen LogP contribution in [0.5, 0.6) is 5.75 Å². The van der Waals surface area contributed by atoms with Gasteiger partial charge >= 0.3 is 0 Å². The molecule has 0 aliphatic carbocycles. The van der Waals surface area contributed by atoms with Gasteiger partial charge in [0, 0.05) is 24.4 Å². The molecule has 1 aliphatic rings. The van der Waals surface area contributed by atoms with Gasteiger partial charge in [-0.1, -0.05) is 31.2 Å². The number of ether oxygens (including phenoxy) is 1. The SMILES string of the molecule is C=CCN(CC(=O)N1CCc2sccc2[C@@H]1COc1ccccc1C)C(=O)CC. The Bertz CT molecular complexity index is 877. The number of thiophene rings is 1. The molecule has 0 spiro atoms. The van der Waals surface area contributed by atoms with Crippen LogP contribution in [0.1, 0.15) is 35.4 Å². The molecule has 29 heavy (non-hydrogen) atoms. The van der Waals surface area contributed by atoms with Gasteiger partial charge in [-0.2, -0.15) is 0 Å². The van der Waals surface area contributed by atoms with Crippen molar-refractivity contribution >= 4 is 23.2 Å². The summed E-state index contributed by atoms with van der Waals surface area (Å²) in [4.78, 5) is 30.1. The fourth-order valence-electron chi connectivity index (χ4n) is 3.65. The summed E-state index contributed by atoms with van der Waals surface area (Å²) in [6.07, 6.45) is 2.87. The first-order valence-electron chi connectivity index (χ1n) is 9.98. The zero-order valence-corrected chi connectivity index (χ0v) is 17.9. The number of rotatable bonds is 8. The molecule has 0 saturated heterocycles. The Morgan fingerprint density at radius 2 is 2.14 bits per heavy atom. The molecule has 1 aliphatic heterocycles. The number of amides is 2. The molecule has 154 valence electrons. The van der Waals surface area contributed by atoms with Crippen molar-refractivity contribution < 1.29 is 14.3 Å². The van der Waals surface area contributed by atoms with Gasteiger partial charge < -0.3 is 14.5 Å². The van der Waals surface area contributed by atoms with E-state index in [1.54, 1.807) is 29.2 Å². The zero-order chi connectivity index (χ0) is 20.8. The molecule has 2 aromatic rings. The molecule has 0 unspecified atom stereocenters. The van der Waals surface area contributed by atoms with E-state index >= 15 is 0 Å². The Hall–Kier alpha value is -2.60. The number of nitrogens with zero attached hydrogens (tertiary/aromatic N) is 2. The number of carbonyl (C=O) groups is 2. The Morgan fingerprint density at radius 3 is 2.86 bits per heavy atom. The van der Waals surface area contributed by atoms with Crippen LogP contribution in [0.15, 0.2) is 48.4 Å². The summed E-state index contributed by atoms with van der Waals surface area (Å²) in [5.41, 5.74) is 2.22. The largest absolute Gasteiger partial charge is 0.491 e. The van der Waals surface area contributed by atoms with E-state index in [2.05, 4.69) is 18.0 Å². The molecule has 1 aromatic carbocycles. The highest BCUT2D eigenvalue weighted by atomic mass is 32.1. The van der Waals surface area contributed by atoms with Crippen LogP contribution in [0, 0.1) is 6.92 Å². The third kappa shape index (κ3) is 4.88. The molecule has 5 nitrogen and oxygen atoms in total. The predicted molar refractivity (Wildman–Crippen MR) is 116 cm³/mol. The Morgan fingerprint density at radius 1 is 1.34 bits per heavy atom. The van der Waals surface area contributed by atoms with Crippen molar-refractivity contribution in [3.05, 3.63) is 64.4 Å². The minimum Gasteiger partial charge on any atom is -0.491 e. The van der Waals surface area contributed by atoms with Gasteiger partial charge in [-0.3, -0.25) is 9.59 Å². The first kappa shape index (κ1) is 21.1. The molecule has 3 rings (SSSR count). The van der Waals surface area contributed by atoms with Crippen LogP contribution in [0.2, 0.25) is 0 Å². The van der Waals surface area contributed by atoms with E-state index in [0.717, 1.165) is 23.3 Å². The van der Waals surface area contributed by atoms with Crippen LogP contribution in [0.25, 0.3) is 0 Å². The molecule has 6 heteroatoms. The first-order valence-corrected chi connectivity index (χ1v) is 10.9. The van der Waals surface area contributed by atoms with E-state index in [9.17, 15) is 9.59 Å². The minimum atomic E-state index is -0.153. The highest BCUT2D eigenvalue weighted by molar-refractivity contribution is 7.10. The van der Waals surface area contributed by atoms with Gasteiger partial charge in [0.05, 0.1) is 6.04 Å². The number of aryl methyl sites for hydroxylation is 1. The third-order valence-corrected chi connectivity index (χ3v) is 6.23. The molecule has 0 fully saturated rings. The summed E-state index contributed by atoms with van der Waals surface area (Å²) in [5.74, 6) is 0.736. The lowest BCUT2D eigenvalue weighted by Gasteiger charge is -2.37. The van der Waals surface area contributed by atoms with Crippen molar-refractivity contribution in [1.29, 1.82) is 0 Å². The van der Waals surface area contributed by atoms with Gasteiger partial charge in [-0.15, -0.1) is 17.9 Å². The highest BCUT2D eigenvalue weighted by Crippen LogP contribution is 2.34. The van der Waals surface area contributed by atoms with Crippen molar-refractivity contribution in [3.63, 3.8) is 0 Å². The van der Waals surface area contributed by atoms with E-state index in [1.807, 2.05) is 36.1 Å². The van der Waals surface area contributed by atoms with Crippen LogP contribution in [0.3, 0.4) is 0 Å². The summed E-state index contributed by atoms with van der Waals surface area (Å²) in [5, 5.41) is 2.07. The molecule has 0 radical (unpaired) electrons. The van der Waals surface area contributed by atoms with Crippen LogP contribution < -0.4 is 4.74 Å². The quantitative estimate of drug-likeness (QED) is 0.616. The number of benzene rings is 1. The number of hydrogen-bond acceptors (Lipinski definition) is 4. The van der Waals surface area contributed by atoms with Gasteiger partial charge in [0.15, 0.2) is 0 Å². The van der Waals surface area contributed by atoms with Gasteiger partial charge in [0.1, 0.15) is 18.9 Å². The van der Waals surface area contributed by atoms with Gasteiger partial charge in [0.2, 0.25) is 11.8 Å². The van der Waals surface area contributed by atoms with Crippen LogP contribution in [-0.2, 0) is 16.0 Å². The molecule has 0 saturated carbocycles. The first-order chi connectivity index (χ1) is 14.0. The topological polar surface area (TPSA) is 49.9 Å². The van der Waals surface area contributed by atoms with Gasteiger partial charge in [-0.05, 0) is 42.0 Å². The van der Waals surface area contributed by atoms with E-state index in [0.29, 0.717) is 26.1 Å². The molecule has 0 bridgehead atoms. The van der Waals surface area contributed by atoms with Crippen LogP contribution in [-0.4, -0.2) is 47.9 Å². The van der Waals surface area contributed by atoms with E-state index < -0.39 is 0 Å². The monoisotopic (exact) mass is 412 g/mol. The maximum Gasteiger partial charge on any atom is 0.242 e.